The summed E-state index contributed by atoms with van der Waals surface area (Å²) in [6.07, 6.45) is 73.2. The van der Waals surface area contributed by atoms with Crippen molar-refractivity contribution in [2.24, 2.45) is 0 Å². The van der Waals surface area contributed by atoms with E-state index in [9.17, 15) is 43.2 Å². The number of phosphoric ester groups is 2. The van der Waals surface area contributed by atoms with Crippen LogP contribution >= 0.6 is 15.6 Å². The molecule has 0 aliphatic carbocycles. The first-order valence-electron chi connectivity index (χ1n) is 40.5. The van der Waals surface area contributed by atoms with Gasteiger partial charge in [0.15, 0.2) is 12.2 Å². The van der Waals surface area contributed by atoms with Gasteiger partial charge in [-0.15, -0.1) is 0 Å². The van der Waals surface area contributed by atoms with Crippen molar-refractivity contribution in [2.45, 2.75) is 393 Å². The molecule has 0 spiro atoms. The number of rotatable bonds is 77. The smallest absolute Gasteiger partial charge is 0.462 e. The molecule has 17 nitrogen and oxygen atoms in total. The number of esters is 4. The highest BCUT2D eigenvalue weighted by Crippen LogP contribution is 2.45. The molecule has 0 amide bonds. The summed E-state index contributed by atoms with van der Waals surface area (Å²) in [6.45, 7) is 4.84. The minimum atomic E-state index is -4.97. The number of aliphatic hydroxyl groups is 1. The normalized spacial score (nSPS) is 14.2. The maximum Gasteiger partial charge on any atom is 0.472 e. The van der Waals surface area contributed by atoms with Gasteiger partial charge in [-0.05, 0) is 135 Å². The van der Waals surface area contributed by atoms with Gasteiger partial charge in [0.25, 0.3) is 0 Å². The Labute approximate surface area is 610 Å². The maximum absolute atomic E-state index is 13.1. The Morgan fingerprint density at radius 2 is 0.490 bits per heavy atom. The molecule has 0 saturated heterocycles. The van der Waals surface area contributed by atoms with Crippen molar-refractivity contribution >= 4 is 39.5 Å². The summed E-state index contributed by atoms with van der Waals surface area (Å²) in [5, 5.41) is 10.6. The first kappa shape index (κ1) is 96.8. The highest BCUT2D eigenvalue weighted by atomic mass is 31.2. The molecule has 100 heavy (non-hydrogen) atoms. The lowest BCUT2D eigenvalue weighted by atomic mass is 10.1. The Morgan fingerprint density at radius 1 is 0.280 bits per heavy atom. The molecular weight excluding hydrogens is 1310 g/mol. The predicted molar refractivity (Wildman–Crippen MR) is 409 cm³/mol. The fourth-order valence-electron chi connectivity index (χ4n) is 11.2. The minimum Gasteiger partial charge on any atom is -0.462 e. The molecule has 0 fully saturated rings. The fourth-order valence-corrected chi connectivity index (χ4v) is 12.8. The lowest BCUT2D eigenvalue weighted by Gasteiger charge is -2.21. The second-order valence-electron chi connectivity index (χ2n) is 27.3. The van der Waals surface area contributed by atoms with Crippen LogP contribution in [-0.2, 0) is 65.4 Å². The molecule has 0 aromatic rings. The lowest BCUT2D eigenvalue weighted by molar-refractivity contribution is -0.161. The minimum absolute atomic E-state index is 0.0826. The summed E-state index contributed by atoms with van der Waals surface area (Å²) in [7, 11) is -9.95. The van der Waals surface area contributed by atoms with Gasteiger partial charge in [0, 0.05) is 25.7 Å². The van der Waals surface area contributed by atoms with Crippen molar-refractivity contribution in [2.75, 3.05) is 39.6 Å². The van der Waals surface area contributed by atoms with Gasteiger partial charge in [-0.3, -0.25) is 37.3 Å². The number of carbonyl (C=O) groups excluding carboxylic acids is 4. The molecule has 0 aliphatic heterocycles. The Morgan fingerprint density at radius 3 is 0.750 bits per heavy atom. The fraction of sp³-hybridized carbons (Fsp3) is 0.827. The Hall–Kier alpha value is -3.24. The zero-order valence-electron chi connectivity index (χ0n) is 63.9. The molecule has 0 radical (unpaired) electrons. The van der Waals surface area contributed by atoms with Crippen molar-refractivity contribution in [1.29, 1.82) is 0 Å². The van der Waals surface area contributed by atoms with E-state index >= 15 is 0 Å². The second kappa shape index (κ2) is 74.0. The highest BCUT2D eigenvalue weighted by Gasteiger charge is 2.30. The number of phosphoric acid groups is 2. The molecule has 0 aliphatic rings. The van der Waals surface area contributed by atoms with E-state index < -0.39 is 97.5 Å². The third kappa shape index (κ3) is 73.1. The summed E-state index contributed by atoms with van der Waals surface area (Å²) in [5.41, 5.74) is 0. The maximum atomic E-state index is 13.1. The number of aliphatic hydroxyl groups excluding tert-OH is 1. The van der Waals surface area contributed by atoms with Gasteiger partial charge in [-0.2, -0.15) is 0 Å². The van der Waals surface area contributed by atoms with E-state index in [0.29, 0.717) is 25.7 Å². The van der Waals surface area contributed by atoms with E-state index in [1.807, 2.05) is 0 Å². The molecule has 584 valence electrons. The van der Waals surface area contributed by atoms with Crippen molar-refractivity contribution in [3.63, 3.8) is 0 Å². The molecule has 19 heteroatoms. The Kier molecular flexibility index (Phi) is 71.6. The van der Waals surface area contributed by atoms with E-state index in [0.717, 1.165) is 148 Å². The van der Waals surface area contributed by atoms with Crippen molar-refractivity contribution in [3.8, 4) is 0 Å². The van der Waals surface area contributed by atoms with Crippen LogP contribution in [-0.4, -0.2) is 96.7 Å². The number of hydrogen-bond donors (Lipinski definition) is 3. The summed E-state index contributed by atoms with van der Waals surface area (Å²) in [5.74, 6) is -2.17. The third-order valence-corrected chi connectivity index (χ3v) is 19.3. The summed E-state index contributed by atoms with van der Waals surface area (Å²) >= 11 is 0. The van der Waals surface area contributed by atoms with Crippen LogP contribution in [0.2, 0.25) is 0 Å². The molecule has 0 rings (SSSR count). The summed E-state index contributed by atoms with van der Waals surface area (Å²) in [4.78, 5) is 73.0. The van der Waals surface area contributed by atoms with Gasteiger partial charge in [-0.1, -0.05) is 275 Å². The van der Waals surface area contributed by atoms with Crippen LogP contribution in [0, 0.1) is 0 Å². The number of hydrogen-bond acceptors (Lipinski definition) is 15. The Bertz CT molecular complexity index is 2130. The zero-order chi connectivity index (χ0) is 73.2. The average Bonchev–Trinajstić information content (AvgIpc) is 1.25. The van der Waals surface area contributed by atoms with Crippen LogP contribution in [0.5, 0.6) is 0 Å². The first-order chi connectivity index (χ1) is 48.7. The van der Waals surface area contributed by atoms with E-state index in [1.54, 1.807) is 0 Å². The van der Waals surface area contributed by atoms with Crippen LogP contribution in [0.3, 0.4) is 0 Å². The van der Waals surface area contributed by atoms with E-state index in [2.05, 4.69) is 88.5 Å². The van der Waals surface area contributed by atoms with Gasteiger partial charge >= 0.3 is 39.5 Å². The molecule has 0 aromatic heterocycles. The summed E-state index contributed by atoms with van der Waals surface area (Å²) in [6, 6.07) is 0. The van der Waals surface area contributed by atoms with Gasteiger partial charge < -0.3 is 33.8 Å². The van der Waals surface area contributed by atoms with Crippen molar-refractivity contribution < 1.29 is 80.2 Å². The predicted octanol–water partition coefficient (Wildman–Crippen LogP) is 23.5. The monoisotopic (exact) mass is 1460 g/mol. The van der Waals surface area contributed by atoms with Gasteiger partial charge in [0.05, 0.1) is 26.4 Å². The SMILES string of the molecule is CCCCC/C=C/C/C=C/CCCCCCCC(=O)O[C@H](COC(=O)CCCCCCCCCC/C=C/CCCCC)COP(=O)(O)OC[C@@H](O)COP(=O)(O)OC[C@@H](COC(=O)CCCCCCCCCC/C=C/CCCCC)OC(=O)CCCCCCCCCC/C=C/CCCCC. The van der Waals surface area contributed by atoms with E-state index in [1.165, 1.54) is 148 Å². The first-order valence-corrected chi connectivity index (χ1v) is 43.5. The molecule has 0 bridgehead atoms. The number of ether oxygens (including phenoxy) is 4. The van der Waals surface area contributed by atoms with Crippen LogP contribution in [0.4, 0.5) is 0 Å². The van der Waals surface area contributed by atoms with Crippen LogP contribution in [0.25, 0.3) is 0 Å². The van der Waals surface area contributed by atoms with Gasteiger partial charge in [-0.25, -0.2) is 9.13 Å². The van der Waals surface area contributed by atoms with Gasteiger partial charge in [0.1, 0.15) is 19.3 Å². The average molecular weight is 1460 g/mol. The topological polar surface area (TPSA) is 237 Å². The highest BCUT2D eigenvalue weighted by molar-refractivity contribution is 7.47. The van der Waals surface area contributed by atoms with Crippen LogP contribution < -0.4 is 0 Å². The largest absolute Gasteiger partial charge is 0.472 e. The quantitative estimate of drug-likeness (QED) is 0.0169. The third-order valence-electron chi connectivity index (χ3n) is 17.4. The molecule has 3 N–H and O–H groups in total. The van der Waals surface area contributed by atoms with Crippen molar-refractivity contribution in [3.05, 3.63) is 60.8 Å². The van der Waals surface area contributed by atoms with Gasteiger partial charge in [0.2, 0.25) is 0 Å². The van der Waals surface area contributed by atoms with Crippen LogP contribution in [0.15, 0.2) is 60.8 Å². The molecule has 0 heterocycles. The van der Waals surface area contributed by atoms with Crippen LogP contribution in [0.1, 0.15) is 374 Å². The molecular formula is C81H148O17P2. The number of allylic oxidation sites excluding steroid dienone is 10. The lowest BCUT2D eigenvalue weighted by Crippen LogP contribution is -2.30. The molecule has 5 atom stereocenters. The molecule has 0 saturated carbocycles. The standard InChI is InChI=1S/C81H148O17P2/c1-5-9-13-17-21-25-29-33-37-41-45-49-53-57-61-65-78(83)91-71-76(97-80(85)67-63-59-55-51-47-43-39-35-31-27-23-19-15-11-7-3)73-95-99(87,88)93-69-75(82)70-94-100(89,90)96-74-77(98-81(86)68-64-60-56-52-48-44-40-36-32-28-24-20-16-12-8-4)72-92-79(84)66-62-58-54-50-46-42-38-34-30-26-22-18-14-10-6-2/h21-28,35,39,75-77,82H,5-20,29-34,36-38,40-74H2,1-4H3,(H,87,88)(H,89,90)/b25-21+,26-22+,27-23+,28-24+,39-35+/t75-,76-,77-/m1/s1. The van der Waals surface area contributed by atoms with Crippen molar-refractivity contribution in [1.82, 2.24) is 0 Å². The zero-order valence-corrected chi connectivity index (χ0v) is 65.7. The Balaban J connectivity index is 5.34. The molecule has 0 aromatic carbocycles. The summed E-state index contributed by atoms with van der Waals surface area (Å²) < 4.78 is 68.6. The van der Waals surface area contributed by atoms with E-state index in [4.69, 9.17) is 37.0 Å². The number of carbonyl (C=O) groups is 4. The molecule has 2 unspecified atom stereocenters. The number of unbranched alkanes of at least 4 members (excludes halogenated alkanes) is 41. The second-order valence-corrected chi connectivity index (χ2v) is 30.3. The van der Waals surface area contributed by atoms with E-state index in [-0.39, 0.29) is 25.7 Å².